The van der Waals surface area contributed by atoms with Crippen molar-refractivity contribution < 1.29 is 0 Å². The van der Waals surface area contributed by atoms with Gasteiger partial charge >= 0.3 is 0 Å². The molecule has 9 heavy (non-hydrogen) atoms. The molecule has 0 aliphatic heterocycles. The van der Waals surface area contributed by atoms with Gasteiger partial charge in [0.15, 0.2) is 0 Å². The Balaban J connectivity index is 3.08. The van der Waals surface area contributed by atoms with Gasteiger partial charge in [0.2, 0.25) is 0 Å². The summed E-state index contributed by atoms with van der Waals surface area (Å²) in [5.74, 6) is 0.698. The fourth-order valence-electron chi connectivity index (χ4n) is 0.306. The van der Waals surface area contributed by atoms with Crippen LogP contribution in [0.5, 0.6) is 0 Å². The monoisotopic (exact) mass is 144 g/mol. The first kappa shape index (κ1) is 8.44. The number of nitrogens with zero attached hydrogens (tertiary/aromatic N) is 2. The van der Waals surface area contributed by atoms with Crippen molar-refractivity contribution in [3.05, 3.63) is 4.91 Å². The highest BCUT2D eigenvalue weighted by Gasteiger charge is 1.97. The van der Waals surface area contributed by atoms with Gasteiger partial charge in [-0.1, -0.05) is 5.18 Å². The lowest BCUT2D eigenvalue weighted by atomic mass is 10.6. The summed E-state index contributed by atoms with van der Waals surface area (Å²) in [5, 5.41) is 10.6. The van der Waals surface area contributed by atoms with Gasteiger partial charge in [-0.25, -0.2) is 0 Å². The van der Waals surface area contributed by atoms with Gasteiger partial charge in [-0.15, -0.1) is 16.7 Å². The van der Waals surface area contributed by atoms with Crippen LogP contribution >= 0.6 is 11.8 Å². The molecular weight excluding hydrogens is 136 g/mol. The smallest absolute Gasteiger partial charge is 0.134 e. The summed E-state index contributed by atoms with van der Waals surface area (Å²) >= 11 is 1.40. The summed E-state index contributed by atoms with van der Waals surface area (Å²) in [6, 6.07) is 1.98. The van der Waals surface area contributed by atoms with Crippen LogP contribution in [0, 0.1) is 16.2 Å². The van der Waals surface area contributed by atoms with Gasteiger partial charge < -0.3 is 0 Å². The van der Waals surface area contributed by atoms with Gasteiger partial charge in [0.1, 0.15) is 5.37 Å². The predicted molar refractivity (Wildman–Crippen MR) is 37.9 cm³/mol. The fraction of sp³-hybridized carbons (Fsp3) is 0.800. The van der Waals surface area contributed by atoms with Gasteiger partial charge in [0.05, 0.1) is 6.07 Å². The molecule has 0 aromatic carbocycles. The lowest BCUT2D eigenvalue weighted by Gasteiger charge is -1.96. The van der Waals surface area contributed by atoms with Gasteiger partial charge in [0.25, 0.3) is 0 Å². The molecule has 3 nitrogen and oxygen atoms in total. The molecule has 0 saturated carbocycles. The van der Waals surface area contributed by atoms with Gasteiger partial charge in [-0.3, -0.25) is 0 Å². The second-order valence-electron chi connectivity index (χ2n) is 1.48. The van der Waals surface area contributed by atoms with E-state index < -0.39 is 0 Å². The Labute approximate surface area is 58.4 Å². The second-order valence-corrected chi connectivity index (χ2v) is 2.91. The molecule has 0 amide bonds. The van der Waals surface area contributed by atoms with Crippen molar-refractivity contribution in [1.29, 1.82) is 5.26 Å². The van der Waals surface area contributed by atoms with Crippen LogP contribution in [0.2, 0.25) is 0 Å². The van der Waals surface area contributed by atoms with Crippen molar-refractivity contribution in [3.63, 3.8) is 0 Å². The van der Waals surface area contributed by atoms with E-state index in [-0.39, 0.29) is 5.37 Å². The largest absolute Gasteiger partial charge is 0.198 e. The summed E-state index contributed by atoms with van der Waals surface area (Å²) in [4.78, 5) is 9.75. The van der Waals surface area contributed by atoms with Crippen LogP contribution < -0.4 is 0 Å². The maximum Gasteiger partial charge on any atom is 0.134 e. The van der Waals surface area contributed by atoms with Crippen LogP contribution in [-0.2, 0) is 0 Å². The third-order valence-electron chi connectivity index (χ3n) is 0.721. The van der Waals surface area contributed by atoms with E-state index in [1.807, 2.05) is 6.07 Å². The number of nitriles is 1. The number of rotatable bonds is 4. The molecule has 0 rings (SSSR count). The van der Waals surface area contributed by atoms with E-state index in [4.69, 9.17) is 5.26 Å². The predicted octanol–water partition coefficient (Wildman–Crippen LogP) is 1.75. The zero-order valence-electron chi connectivity index (χ0n) is 5.20. The third kappa shape index (κ3) is 5.31. The molecule has 0 aromatic heterocycles. The number of hydrogen-bond acceptors (Lipinski definition) is 4. The Hall–Kier alpha value is -0.560. The van der Waals surface area contributed by atoms with E-state index in [2.05, 4.69) is 5.18 Å². The molecule has 0 spiro atoms. The van der Waals surface area contributed by atoms with Gasteiger partial charge in [-0.05, 0) is 6.92 Å². The van der Waals surface area contributed by atoms with Crippen molar-refractivity contribution in [2.75, 3.05) is 5.75 Å². The molecule has 0 radical (unpaired) electrons. The molecule has 1 atom stereocenters. The Morgan fingerprint density at radius 3 is 3.00 bits per heavy atom. The van der Waals surface area contributed by atoms with Crippen LogP contribution in [-0.4, -0.2) is 11.1 Å². The summed E-state index contributed by atoms with van der Waals surface area (Å²) in [6.45, 7) is 1.72. The molecule has 0 aliphatic carbocycles. The topological polar surface area (TPSA) is 53.2 Å². The molecule has 0 bridgehead atoms. The van der Waals surface area contributed by atoms with Crippen LogP contribution in [0.25, 0.3) is 0 Å². The van der Waals surface area contributed by atoms with Crippen molar-refractivity contribution in [3.8, 4) is 6.07 Å². The molecular formula is C5H8N2OS. The summed E-state index contributed by atoms with van der Waals surface area (Å²) in [7, 11) is 0. The zero-order chi connectivity index (χ0) is 7.11. The Bertz CT molecular complexity index is 121. The highest BCUT2D eigenvalue weighted by atomic mass is 32.2. The minimum absolute atomic E-state index is 0.210. The molecule has 4 heteroatoms. The minimum atomic E-state index is -0.210. The first-order valence-corrected chi connectivity index (χ1v) is 3.67. The van der Waals surface area contributed by atoms with Crippen LogP contribution in [0.1, 0.15) is 13.3 Å². The van der Waals surface area contributed by atoms with Crippen LogP contribution in [0.4, 0.5) is 0 Å². The van der Waals surface area contributed by atoms with E-state index in [0.29, 0.717) is 12.2 Å². The zero-order valence-corrected chi connectivity index (χ0v) is 6.02. The highest BCUT2D eigenvalue weighted by Crippen LogP contribution is 2.11. The van der Waals surface area contributed by atoms with Crippen LogP contribution in [0.3, 0.4) is 0 Å². The van der Waals surface area contributed by atoms with E-state index in [1.165, 1.54) is 11.8 Å². The van der Waals surface area contributed by atoms with E-state index in [0.717, 1.165) is 0 Å². The maximum atomic E-state index is 9.75. The normalized spacial score (nSPS) is 12.0. The first-order valence-electron chi connectivity index (χ1n) is 2.62. The van der Waals surface area contributed by atoms with Crippen molar-refractivity contribution in [2.24, 2.45) is 5.18 Å². The summed E-state index contributed by atoms with van der Waals surface area (Å²) < 4.78 is 0. The van der Waals surface area contributed by atoms with Crippen LogP contribution in [0.15, 0.2) is 5.18 Å². The van der Waals surface area contributed by atoms with E-state index in [1.54, 1.807) is 6.92 Å². The molecule has 0 N–H and O–H groups in total. The Morgan fingerprint density at radius 2 is 2.56 bits per heavy atom. The van der Waals surface area contributed by atoms with Crippen molar-refractivity contribution in [2.45, 2.75) is 18.7 Å². The molecule has 50 valence electrons. The van der Waals surface area contributed by atoms with Gasteiger partial charge in [0, 0.05) is 12.2 Å². The summed E-state index contributed by atoms with van der Waals surface area (Å²) in [5.41, 5.74) is 0. The van der Waals surface area contributed by atoms with Crippen molar-refractivity contribution >= 4 is 11.8 Å². The first-order chi connectivity index (χ1) is 4.31. The standard InChI is InChI=1S/C5H8N2OS/c1-5(7-8)9-4-2-3-6/h5H,2,4H2,1H3. The number of hydrogen-bond donors (Lipinski definition) is 0. The molecule has 1 unspecified atom stereocenters. The lowest BCUT2D eigenvalue weighted by Crippen LogP contribution is -1.89. The quantitative estimate of drug-likeness (QED) is 0.446. The number of nitroso groups, excluding NO2 is 1. The Kier molecular flexibility index (Phi) is 5.23. The SMILES string of the molecule is CC(N=O)SCCC#N. The number of thioether (sulfide) groups is 1. The molecule has 0 heterocycles. The molecule has 0 aromatic rings. The summed E-state index contributed by atoms with van der Waals surface area (Å²) in [6.07, 6.45) is 0.491. The average molecular weight is 144 g/mol. The molecule has 0 fully saturated rings. The van der Waals surface area contributed by atoms with E-state index >= 15 is 0 Å². The van der Waals surface area contributed by atoms with Gasteiger partial charge in [-0.2, -0.15) is 5.26 Å². The molecule has 0 aliphatic rings. The van der Waals surface area contributed by atoms with Crippen molar-refractivity contribution in [1.82, 2.24) is 0 Å². The van der Waals surface area contributed by atoms with E-state index in [9.17, 15) is 4.91 Å². The minimum Gasteiger partial charge on any atom is -0.198 e. The fourth-order valence-corrected chi connectivity index (χ4v) is 0.917. The highest BCUT2D eigenvalue weighted by molar-refractivity contribution is 7.99. The molecule has 0 saturated heterocycles. The third-order valence-corrected chi connectivity index (χ3v) is 1.73. The Morgan fingerprint density at radius 1 is 1.89 bits per heavy atom. The second kappa shape index (κ2) is 5.57. The lowest BCUT2D eigenvalue weighted by molar-refractivity contribution is 1.03. The average Bonchev–Trinajstić information content (AvgIpc) is 1.89. The maximum absolute atomic E-state index is 9.75.